The van der Waals surface area contributed by atoms with Gasteiger partial charge < -0.3 is 10.1 Å². The monoisotopic (exact) mass is 497 g/mol. The van der Waals surface area contributed by atoms with Gasteiger partial charge in [-0.05, 0) is 62.4 Å². The second-order valence-electron chi connectivity index (χ2n) is 7.21. The predicted octanol–water partition coefficient (Wildman–Crippen LogP) is 4.71. The average molecular weight is 498 g/mol. The highest BCUT2D eigenvalue weighted by Crippen LogP contribution is 2.32. The van der Waals surface area contributed by atoms with Gasteiger partial charge in [-0.25, -0.2) is 27.9 Å². The molecule has 9 nitrogen and oxygen atoms in total. The minimum atomic E-state index is -3.89. The summed E-state index contributed by atoms with van der Waals surface area (Å²) in [6.45, 7) is 3.65. The third kappa shape index (κ3) is 5.08. The molecule has 0 spiro atoms. The lowest BCUT2D eigenvalue weighted by molar-refractivity contribution is 0.0527. The summed E-state index contributed by atoms with van der Waals surface area (Å²) in [5.74, 6) is -0.553. The van der Waals surface area contributed by atoms with E-state index < -0.39 is 16.0 Å². The first-order valence-electron chi connectivity index (χ1n) is 10.2. The zero-order valence-electron chi connectivity index (χ0n) is 18.2. The van der Waals surface area contributed by atoms with Crippen LogP contribution in [-0.4, -0.2) is 35.9 Å². The zero-order valence-corrected chi connectivity index (χ0v) is 19.8. The van der Waals surface area contributed by atoms with E-state index in [1.807, 2.05) is 0 Å². The van der Waals surface area contributed by atoms with Gasteiger partial charge in [-0.15, -0.1) is 0 Å². The third-order valence-electron chi connectivity index (χ3n) is 4.78. The fourth-order valence-corrected chi connectivity index (χ4v) is 4.33. The molecule has 0 saturated heterocycles. The molecule has 0 atom stereocenters. The highest BCUT2D eigenvalue weighted by Gasteiger charge is 2.19. The molecule has 2 N–H and O–H groups in total. The highest BCUT2D eigenvalue weighted by molar-refractivity contribution is 7.92. The summed E-state index contributed by atoms with van der Waals surface area (Å²) < 4.78 is 33.0. The number of nitrogens with one attached hydrogen (secondary N) is 2. The number of hydrogen-bond acceptors (Lipinski definition) is 8. The van der Waals surface area contributed by atoms with Crippen molar-refractivity contribution in [2.75, 3.05) is 16.6 Å². The van der Waals surface area contributed by atoms with Crippen LogP contribution in [0.2, 0.25) is 5.02 Å². The largest absolute Gasteiger partial charge is 0.462 e. The first-order chi connectivity index (χ1) is 16.3. The number of carbonyl (C=O) groups excluding carboxylic acids is 1. The number of hydrogen-bond donors (Lipinski definition) is 2. The molecule has 4 rings (SSSR count). The van der Waals surface area contributed by atoms with Crippen molar-refractivity contribution < 1.29 is 17.9 Å². The molecule has 0 fully saturated rings. The van der Waals surface area contributed by atoms with Crippen molar-refractivity contribution in [1.82, 2.24) is 15.0 Å². The van der Waals surface area contributed by atoms with Gasteiger partial charge in [-0.2, -0.15) is 0 Å². The first-order valence-corrected chi connectivity index (χ1v) is 12.1. The molecule has 0 radical (unpaired) electrons. The van der Waals surface area contributed by atoms with E-state index in [9.17, 15) is 13.2 Å². The molecule has 0 saturated carbocycles. The van der Waals surface area contributed by atoms with Crippen LogP contribution in [0.15, 0.2) is 65.8 Å². The summed E-state index contributed by atoms with van der Waals surface area (Å²) in [7, 11) is -3.89. The van der Waals surface area contributed by atoms with Gasteiger partial charge in [0.1, 0.15) is 5.56 Å². The van der Waals surface area contributed by atoms with Gasteiger partial charge in [0.2, 0.25) is 5.95 Å². The molecular weight excluding hydrogens is 478 g/mol. The van der Waals surface area contributed by atoms with Crippen LogP contribution in [-0.2, 0) is 14.8 Å². The second-order valence-corrected chi connectivity index (χ2v) is 9.32. The summed E-state index contributed by atoms with van der Waals surface area (Å²) in [6.07, 6.45) is 2.90. The van der Waals surface area contributed by atoms with Crippen molar-refractivity contribution >= 4 is 55.8 Å². The predicted molar refractivity (Wildman–Crippen MR) is 130 cm³/mol. The van der Waals surface area contributed by atoms with Crippen LogP contribution in [0.5, 0.6) is 0 Å². The van der Waals surface area contributed by atoms with Crippen molar-refractivity contribution in [1.29, 1.82) is 0 Å². The molecule has 0 amide bonds. The van der Waals surface area contributed by atoms with Crippen LogP contribution in [0.4, 0.5) is 17.3 Å². The van der Waals surface area contributed by atoms with Crippen LogP contribution in [0, 0.1) is 6.92 Å². The van der Waals surface area contributed by atoms with Crippen molar-refractivity contribution in [3.05, 3.63) is 77.2 Å². The Hall–Kier alpha value is -3.76. The second kappa shape index (κ2) is 9.62. The minimum absolute atomic E-state index is 0.0126. The zero-order chi connectivity index (χ0) is 24.3. The van der Waals surface area contributed by atoms with Crippen molar-refractivity contribution in [3.8, 4) is 0 Å². The number of aromatic nitrogens is 3. The number of carbonyl (C=O) groups is 1. The van der Waals surface area contributed by atoms with Gasteiger partial charge in [0, 0.05) is 34.2 Å². The molecule has 0 aliphatic heterocycles. The van der Waals surface area contributed by atoms with E-state index in [1.54, 1.807) is 50.2 Å². The number of fused-ring (bicyclic) bond motifs is 1. The maximum Gasteiger partial charge on any atom is 0.341 e. The number of rotatable bonds is 7. The molecule has 4 aromatic rings. The Balaban J connectivity index is 1.67. The number of pyridine rings is 1. The van der Waals surface area contributed by atoms with Crippen molar-refractivity contribution in [2.24, 2.45) is 0 Å². The van der Waals surface area contributed by atoms with E-state index in [1.165, 1.54) is 24.5 Å². The first kappa shape index (κ1) is 23.4. The van der Waals surface area contributed by atoms with Crippen LogP contribution < -0.4 is 10.0 Å². The lowest BCUT2D eigenvalue weighted by Gasteiger charge is -2.15. The van der Waals surface area contributed by atoms with E-state index >= 15 is 0 Å². The smallest absolute Gasteiger partial charge is 0.341 e. The van der Waals surface area contributed by atoms with Gasteiger partial charge in [0.05, 0.1) is 22.7 Å². The number of benzene rings is 2. The van der Waals surface area contributed by atoms with Crippen LogP contribution >= 0.6 is 11.6 Å². The lowest BCUT2D eigenvalue weighted by atomic mass is 10.1. The molecule has 0 aliphatic rings. The molecule has 0 bridgehead atoms. The Morgan fingerprint density at radius 1 is 1.09 bits per heavy atom. The molecule has 2 aromatic heterocycles. The van der Waals surface area contributed by atoms with E-state index in [2.05, 4.69) is 25.0 Å². The third-order valence-corrected chi connectivity index (χ3v) is 6.36. The number of ether oxygens (including phenoxy) is 1. The summed E-state index contributed by atoms with van der Waals surface area (Å²) in [5, 5.41) is 4.27. The Labute approximate surface area is 201 Å². The van der Waals surface area contributed by atoms with Gasteiger partial charge in [0.15, 0.2) is 0 Å². The quantitative estimate of drug-likeness (QED) is 0.352. The Kier molecular flexibility index (Phi) is 6.62. The summed E-state index contributed by atoms with van der Waals surface area (Å²) in [5.41, 5.74) is 2.49. The van der Waals surface area contributed by atoms with Gasteiger partial charge >= 0.3 is 5.97 Å². The van der Waals surface area contributed by atoms with Crippen LogP contribution in [0.25, 0.3) is 10.9 Å². The maximum atomic E-state index is 12.7. The number of nitrogens with zero attached hydrogens (tertiary/aromatic N) is 3. The Morgan fingerprint density at radius 2 is 1.85 bits per heavy atom. The van der Waals surface area contributed by atoms with Crippen LogP contribution in [0.1, 0.15) is 23.0 Å². The fraction of sp³-hybridized carbons (Fsp3) is 0.130. The normalized spacial score (nSPS) is 11.3. The minimum Gasteiger partial charge on any atom is -0.462 e. The van der Waals surface area contributed by atoms with Crippen molar-refractivity contribution in [3.63, 3.8) is 0 Å². The fourth-order valence-electron chi connectivity index (χ4n) is 3.20. The summed E-state index contributed by atoms with van der Waals surface area (Å²) >= 11 is 6.18. The highest BCUT2D eigenvalue weighted by atomic mass is 35.5. The molecule has 2 aromatic carbocycles. The Morgan fingerprint density at radius 3 is 2.56 bits per heavy atom. The molecule has 0 aliphatic carbocycles. The number of halogens is 1. The summed E-state index contributed by atoms with van der Waals surface area (Å²) in [6, 6.07) is 12.8. The van der Waals surface area contributed by atoms with Gasteiger partial charge in [0.25, 0.3) is 10.0 Å². The van der Waals surface area contributed by atoms with E-state index in [-0.39, 0.29) is 23.0 Å². The number of esters is 1. The molecule has 34 heavy (non-hydrogen) atoms. The maximum absolute atomic E-state index is 12.7. The molecule has 11 heteroatoms. The number of sulfonamides is 1. The SMILES string of the molecule is CCOC(=O)c1cnc2ccc(Cl)cc2c1Nc1ccc(S(=O)(=O)Nc2nccc(C)n2)cc1. The summed E-state index contributed by atoms with van der Waals surface area (Å²) in [4.78, 5) is 24.9. The molecule has 174 valence electrons. The average Bonchev–Trinajstić information content (AvgIpc) is 2.79. The van der Waals surface area contributed by atoms with Gasteiger partial charge in [-0.1, -0.05) is 11.6 Å². The Bertz CT molecular complexity index is 1480. The number of aryl methyl sites for hydroxylation is 1. The lowest BCUT2D eigenvalue weighted by Crippen LogP contribution is -2.15. The van der Waals surface area contributed by atoms with Crippen LogP contribution in [0.3, 0.4) is 0 Å². The van der Waals surface area contributed by atoms with Crippen molar-refractivity contribution in [2.45, 2.75) is 18.7 Å². The van der Waals surface area contributed by atoms with E-state index in [4.69, 9.17) is 16.3 Å². The number of anilines is 3. The topological polar surface area (TPSA) is 123 Å². The molecule has 2 heterocycles. The van der Waals surface area contributed by atoms with E-state index in [0.29, 0.717) is 33.0 Å². The van der Waals surface area contributed by atoms with E-state index in [0.717, 1.165) is 0 Å². The molecular formula is C23H20ClN5O4S. The molecule has 0 unspecified atom stereocenters. The van der Waals surface area contributed by atoms with Gasteiger partial charge in [-0.3, -0.25) is 4.98 Å². The standard InChI is InChI=1S/C23H20ClN5O4S/c1-3-33-22(30)19-13-26-20-9-4-15(24)12-18(20)21(19)28-16-5-7-17(8-6-16)34(31,32)29-23-25-11-10-14(2)27-23/h4-13H,3H2,1-2H3,(H,26,28)(H,25,27,29).